The molecule has 0 aromatic heterocycles. The van der Waals surface area contributed by atoms with Crippen LogP contribution in [0.4, 0.5) is 4.39 Å². The topological polar surface area (TPSA) is 47.9 Å². The normalized spacial score (nSPS) is 14.6. The Labute approximate surface area is 130 Å². The van der Waals surface area contributed by atoms with Crippen molar-refractivity contribution in [1.29, 1.82) is 0 Å². The standard InChI is InChI=1S/C16H23FN4O/c1-20(2)15(22)10-18-16(19-14-7-8-14)21(3)11-12-5-4-6-13(17)9-12/h4-6,9,14H,7-8,10-11H2,1-3H3,(H,18,19). The molecular formula is C16H23FN4O. The highest BCUT2D eigenvalue weighted by atomic mass is 19.1. The number of benzene rings is 1. The van der Waals surface area contributed by atoms with Crippen LogP contribution in [0, 0.1) is 5.82 Å². The van der Waals surface area contributed by atoms with Crippen LogP contribution in [0.2, 0.25) is 0 Å². The Morgan fingerprint density at radius 3 is 2.68 bits per heavy atom. The van der Waals surface area contributed by atoms with E-state index in [-0.39, 0.29) is 18.3 Å². The Morgan fingerprint density at radius 1 is 1.36 bits per heavy atom. The summed E-state index contributed by atoms with van der Waals surface area (Å²) in [7, 11) is 5.31. The van der Waals surface area contributed by atoms with E-state index in [9.17, 15) is 9.18 Å². The number of amides is 1. The molecule has 1 fully saturated rings. The molecule has 22 heavy (non-hydrogen) atoms. The molecule has 0 aliphatic heterocycles. The fourth-order valence-electron chi connectivity index (χ4n) is 1.95. The summed E-state index contributed by atoms with van der Waals surface area (Å²) in [4.78, 5) is 19.5. The molecule has 0 saturated heterocycles. The second-order valence-corrected chi connectivity index (χ2v) is 5.83. The van der Waals surface area contributed by atoms with Crippen molar-refractivity contribution in [3.8, 4) is 0 Å². The molecule has 6 heteroatoms. The predicted molar refractivity (Wildman–Crippen MR) is 85.0 cm³/mol. The van der Waals surface area contributed by atoms with Gasteiger partial charge >= 0.3 is 0 Å². The van der Waals surface area contributed by atoms with Crippen LogP contribution < -0.4 is 5.32 Å². The minimum atomic E-state index is -0.248. The van der Waals surface area contributed by atoms with E-state index in [1.165, 1.54) is 17.0 Å². The highest BCUT2D eigenvalue weighted by molar-refractivity contribution is 5.85. The predicted octanol–water partition coefficient (Wildman–Crippen LogP) is 1.45. The summed E-state index contributed by atoms with van der Waals surface area (Å²) in [5.74, 6) is 0.388. The van der Waals surface area contributed by atoms with E-state index in [0.29, 0.717) is 18.5 Å². The van der Waals surface area contributed by atoms with Crippen molar-refractivity contribution in [2.75, 3.05) is 27.7 Å². The molecule has 0 atom stereocenters. The van der Waals surface area contributed by atoms with Gasteiger partial charge in [0.2, 0.25) is 5.91 Å². The second kappa shape index (κ2) is 7.24. The Bertz CT molecular complexity index is 555. The van der Waals surface area contributed by atoms with Crippen LogP contribution in [0.25, 0.3) is 0 Å². The summed E-state index contributed by atoms with van der Waals surface area (Å²) < 4.78 is 13.3. The van der Waals surface area contributed by atoms with Gasteiger partial charge < -0.3 is 15.1 Å². The molecule has 120 valence electrons. The van der Waals surface area contributed by atoms with Gasteiger partial charge in [0.05, 0.1) is 0 Å². The smallest absolute Gasteiger partial charge is 0.243 e. The van der Waals surface area contributed by atoms with Crippen LogP contribution in [0.3, 0.4) is 0 Å². The average molecular weight is 306 g/mol. The Morgan fingerprint density at radius 2 is 2.09 bits per heavy atom. The molecule has 1 saturated carbocycles. The average Bonchev–Trinajstić information content (AvgIpc) is 3.26. The maximum Gasteiger partial charge on any atom is 0.243 e. The van der Waals surface area contributed by atoms with E-state index in [4.69, 9.17) is 0 Å². The summed E-state index contributed by atoms with van der Waals surface area (Å²) in [6.45, 7) is 0.641. The lowest BCUT2D eigenvalue weighted by molar-refractivity contribution is -0.127. The van der Waals surface area contributed by atoms with Crippen LogP contribution in [-0.2, 0) is 11.3 Å². The zero-order valence-electron chi connectivity index (χ0n) is 13.3. The van der Waals surface area contributed by atoms with Crippen LogP contribution in [0.1, 0.15) is 18.4 Å². The Kier molecular flexibility index (Phi) is 5.35. The van der Waals surface area contributed by atoms with Crippen molar-refractivity contribution in [2.45, 2.75) is 25.4 Å². The molecule has 1 amide bonds. The molecule has 1 aliphatic carbocycles. The molecule has 0 radical (unpaired) electrons. The third kappa shape index (κ3) is 5.02. The van der Waals surface area contributed by atoms with Crippen molar-refractivity contribution in [3.05, 3.63) is 35.6 Å². The number of nitrogens with one attached hydrogen (secondary N) is 1. The van der Waals surface area contributed by atoms with Crippen LogP contribution in [-0.4, -0.2) is 55.4 Å². The lowest BCUT2D eigenvalue weighted by atomic mass is 10.2. The van der Waals surface area contributed by atoms with Crippen LogP contribution in [0.15, 0.2) is 29.3 Å². The number of nitrogens with zero attached hydrogens (tertiary/aromatic N) is 3. The van der Waals surface area contributed by atoms with Gasteiger partial charge in [0.1, 0.15) is 12.4 Å². The minimum absolute atomic E-state index is 0.0470. The zero-order chi connectivity index (χ0) is 16.1. The lowest BCUT2D eigenvalue weighted by Gasteiger charge is -2.23. The van der Waals surface area contributed by atoms with E-state index >= 15 is 0 Å². The quantitative estimate of drug-likeness (QED) is 0.662. The molecule has 2 rings (SSSR count). The van der Waals surface area contributed by atoms with Crippen molar-refractivity contribution in [1.82, 2.24) is 15.1 Å². The maximum atomic E-state index is 13.3. The van der Waals surface area contributed by atoms with E-state index in [0.717, 1.165) is 18.4 Å². The van der Waals surface area contributed by atoms with E-state index in [1.807, 2.05) is 18.0 Å². The fraction of sp³-hybridized carbons (Fsp3) is 0.500. The molecule has 1 aromatic carbocycles. The van der Waals surface area contributed by atoms with Gasteiger partial charge in [-0.1, -0.05) is 12.1 Å². The summed E-state index contributed by atoms with van der Waals surface area (Å²) in [5, 5.41) is 3.33. The first kappa shape index (κ1) is 16.3. The molecule has 0 spiro atoms. The summed E-state index contributed by atoms with van der Waals surface area (Å²) in [6.07, 6.45) is 2.24. The van der Waals surface area contributed by atoms with Gasteiger partial charge in [-0.25, -0.2) is 9.38 Å². The number of hydrogen-bond acceptors (Lipinski definition) is 2. The lowest BCUT2D eigenvalue weighted by Crippen LogP contribution is -2.40. The number of guanidine groups is 1. The van der Waals surface area contributed by atoms with Crippen LogP contribution in [0.5, 0.6) is 0 Å². The number of halogens is 1. The summed E-state index contributed by atoms with van der Waals surface area (Å²) in [6, 6.07) is 6.94. The molecule has 0 heterocycles. The molecule has 1 aromatic rings. The van der Waals surface area contributed by atoms with Gasteiger partial charge in [-0.05, 0) is 30.5 Å². The second-order valence-electron chi connectivity index (χ2n) is 5.83. The van der Waals surface area contributed by atoms with Gasteiger partial charge in [0.25, 0.3) is 0 Å². The Balaban J connectivity index is 2.03. The van der Waals surface area contributed by atoms with Crippen molar-refractivity contribution < 1.29 is 9.18 Å². The number of rotatable bonds is 5. The van der Waals surface area contributed by atoms with Gasteiger partial charge in [-0.15, -0.1) is 0 Å². The number of aliphatic imine (C=N–C) groups is 1. The SMILES string of the molecule is CN(C)C(=O)CN=C(NC1CC1)N(C)Cc1cccc(F)c1. The molecule has 0 bridgehead atoms. The van der Waals surface area contributed by atoms with Crippen molar-refractivity contribution in [2.24, 2.45) is 4.99 Å². The number of likely N-dealkylation sites (N-methyl/N-ethyl adjacent to an activating group) is 1. The molecule has 5 nitrogen and oxygen atoms in total. The van der Waals surface area contributed by atoms with Gasteiger partial charge in [-0.2, -0.15) is 0 Å². The first-order valence-electron chi connectivity index (χ1n) is 7.42. The monoisotopic (exact) mass is 306 g/mol. The Hall–Kier alpha value is -2.11. The van der Waals surface area contributed by atoms with E-state index in [2.05, 4.69) is 10.3 Å². The number of carbonyl (C=O) groups is 1. The first-order valence-corrected chi connectivity index (χ1v) is 7.42. The third-order valence-electron chi connectivity index (χ3n) is 3.44. The highest BCUT2D eigenvalue weighted by Crippen LogP contribution is 2.19. The highest BCUT2D eigenvalue weighted by Gasteiger charge is 2.24. The van der Waals surface area contributed by atoms with Crippen molar-refractivity contribution >= 4 is 11.9 Å². The maximum absolute atomic E-state index is 13.3. The molecular weight excluding hydrogens is 283 g/mol. The fourth-order valence-corrected chi connectivity index (χ4v) is 1.95. The summed E-state index contributed by atoms with van der Waals surface area (Å²) >= 11 is 0. The molecule has 1 N–H and O–H groups in total. The summed E-state index contributed by atoms with van der Waals surface area (Å²) in [5.41, 5.74) is 0.867. The number of hydrogen-bond donors (Lipinski definition) is 1. The largest absolute Gasteiger partial charge is 0.353 e. The molecule has 0 unspecified atom stereocenters. The van der Waals surface area contributed by atoms with Crippen molar-refractivity contribution in [3.63, 3.8) is 0 Å². The van der Waals surface area contributed by atoms with Gasteiger partial charge in [0, 0.05) is 33.7 Å². The van der Waals surface area contributed by atoms with Gasteiger partial charge in [0.15, 0.2) is 5.96 Å². The van der Waals surface area contributed by atoms with E-state index in [1.54, 1.807) is 20.2 Å². The molecule has 1 aliphatic rings. The third-order valence-corrected chi connectivity index (χ3v) is 3.44. The van der Waals surface area contributed by atoms with Crippen LogP contribution >= 0.6 is 0 Å². The minimum Gasteiger partial charge on any atom is -0.353 e. The number of carbonyl (C=O) groups excluding carboxylic acids is 1. The zero-order valence-corrected chi connectivity index (χ0v) is 13.3. The van der Waals surface area contributed by atoms with E-state index < -0.39 is 0 Å². The van der Waals surface area contributed by atoms with Gasteiger partial charge in [-0.3, -0.25) is 4.79 Å². The first-order chi connectivity index (χ1) is 10.5.